The number of rotatable bonds is 2. The van der Waals surface area contributed by atoms with Crippen molar-refractivity contribution in [3.63, 3.8) is 0 Å². The van der Waals surface area contributed by atoms with Gasteiger partial charge in [0.05, 0.1) is 5.56 Å². The lowest BCUT2D eigenvalue weighted by Crippen LogP contribution is -2.47. The number of pyridine rings is 1. The molecule has 0 atom stereocenters. The minimum Gasteiger partial charge on any atom is -0.353 e. The number of hydrogen-bond acceptors (Lipinski definition) is 5. The Kier molecular flexibility index (Phi) is 4.53. The van der Waals surface area contributed by atoms with Crippen LogP contribution >= 0.6 is 0 Å². The Morgan fingerprint density at radius 3 is 1.96 bits per heavy atom. The van der Waals surface area contributed by atoms with E-state index in [-0.39, 0.29) is 0 Å². The fraction of sp³-hybridized carbons (Fsp3) is 0.471. The zero-order valence-corrected chi connectivity index (χ0v) is 14.4. The predicted molar refractivity (Wildman–Crippen MR) is 89.9 cm³/mol. The van der Waals surface area contributed by atoms with Gasteiger partial charge in [-0.05, 0) is 38.5 Å². The first-order valence-corrected chi connectivity index (χ1v) is 8.10. The lowest BCUT2D eigenvalue weighted by molar-refractivity contribution is -0.137. The number of anilines is 2. The summed E-state index contributed by atoms with van der Waals surface area (Å²) in [4.78, 5) is 17.1. The summed E-state index contributed by atoms with van der Waals surface area (Å²) in [6, 6.07) is 3.08. The van der Waals surface area contributed by atoms with E-state index in [1.54, 1.807) is 6.92 Å². The Hall–Kier alpha value is -2.38. The highest BCUT2D eigenvalue weighted by atomic mass is 19.4. The first-order valence-electron chi connectivity index (χ1n) is 8.10. The molecule has 134 valence electrons. The van der Waals surface area contributed by atoms with Crippen molar-refractivity contribution < 1.29 is 13.2 Å². The molecular weight excluding hydrogens is 331 g/mol. The minimum atomic E-state index is -4.37. The van der Waals surface area contributed by atoms with Gasteiger partial charge in [0.25, 0.3) is 0 Å². The second-order valence-corrected chi connectivity index (χ2v) is 6.29. The van der Waals surface area contributed by atoms with E-state index in [1.807, 2.05) is 24.8 Å². The van der Waals surface area contributed by atoms with Crippen LogP contribution in [0.25, 0.3) is 0 Å². The van der Waals surface area contributed by atoms with Crippen molar-refractivity contribution in [1.82, 2.24) is 15.0 Å². The third kappa shape index (κ3) is 3.83. The smallest absolute Gasteiger partial charge is 0.353 e. The second kappa shape index (κ2) is 6.50. The van der Waals surface area contributed by atoms with Gasteiger partial charge in [-0.2, -0.15) is 13.2 Å². The molecular formula is C17H20F3N5. The Bertz CT molecular complexity index is 747. The van der Waals surface area contributed by atoms with Gasteiger partial charge in [-0.1, -0.05) is 0 Å². The summed E-state index contributed by atoms with van der Waals surface area (Å²) in [6.45, 7) is 8.26. The van der Waals surface area contributed by atoms with Crippen LogP contribution in [0.3, 0.4) is 0 Å². The zero-order valence-electron chi connectivity index (χ0n) is 14.4. The van der Waals surface area contributed by atoms with Gasteiger partial charge in [0.15, 0.2) is 0 Å². The fourth-order valence-electron chi connectivity index (χ4n) is 3.02. The second-order valence-electron chi connectivity index (χ2n) is 6.29. The molecule has 25 heavy (non-hydrogen) atoms. The van der Waals surface area contributed by atoms with Gasteiger partial charge in [0.2, 0.25) is 5.95 Å². The van der Waals surface area contributed by atoms with E-state index in [1.165, 1.54) is 0 Å². The molecule has 0 radical (unpaired) electrons. The van der Waals surface area contributed by atoms with Gasteiger partial charge in [-0.25, -0.2) is 15.0 Å². The van der Waals surface area contributed by atoms with E-state index in [2.05, 4.69) is 19.9 Å². The van der Waals surface area contributed by atoms with E-state index >= 15 is 0 Å². The highest BCUT2D eigenvalue weighted by Crippen LogP contribution is 2.31. The molecule has 0 spiro atoms. The molecule has 0 unspecified atom stereocenters. The lowest BCUT2D eigenvalue weighted by atomic mass is 10.2. The number of alkyl halides is 3. The maximum Gasteiger partial charge on any atom is 0.417 e. The Labute approximate surface area is 144 Å². The first-order chi connectivity index (χ1) is 11.7. The van der Waals surface area contributed by atoms with Gasteiger partial charge in [-0.3, -0.25) is 0 Å². The number of aromatic nitrogens is 3. The zero-order chi connectivity index (χ0) is 18.2. The molecule has 2 aromatic rings. The molecule has 0 saturated carbocycles. The van der Waals surface area contributed by atoms with Crippen molar-refractivity contribution in [2.75, 3.05) is 36.0 Å². The molecule has 0 bridgehead atoms. The molecule has 1 fully saturated rings. The van der Waals surface area contributed by atoms with Crippen molar-refractivity contribution >= 4 is 11.8 Å². The van der Waals surface area contributed by atoms with Gasteiger partial charge >= 0.3 is 6.18 Å². The largest absolute Gasteiger partial charge is 0.417 e. The molecule has 0 aromatic carbocycles. The van der Waals surface area contributed by atoms with Crippen molar-refractivity contribution in [3.8, 4) is 0 Å². The average molecular weight is 351 g/mol. The number of aryl methyl sites for hydroxylation is 3. The first kappa shape index (κ1) is 17.4. The van der Waals surface area contributed by atoms with E-state index in [0.717, 1.165) is 23.7 Å². The quantitative estimate of drug-likeness (QED) is 0.832. The minimum absolute atomic E-state index is 0.533. The Balaban J connectivity index is 1.72. The molecule has 2 aromatic heterocycles. The Morgan fingerprint density at radius 2 is 1.44 bits per heavy atom. The van der Waals surface area contributed by atoms with Crippen LogP contribution in [-0.2, 0) is 6.18 Å². The number of hydrogen-bond donors (Lipinski definition) is 0. The number of piperazine rings is 1. The van der Waals surface area contributed by atoms with Gasteiger partial charge in [-0.15, -0.1) is 0 Å². The average Bonchev–Trinajstić information content (AvgIpc) is 2.53. The standard InChI is InChI=1S/C17H20F3N5/c1-11-8-14(17(18,19)20)10-21-15(11)24-4-6-25(7-5-24)16-22-12(2)9-13(3)23-16/h8-10H,4-7H2,1-3H3. The molecule has 1 aliphatic rings. The molecule has 1 saturated heterocycles. The summed E-state index contributed by atoms with van der Waals surface area (Å²) in [6.07, 6.45) is -3.46. The van der Waals surface area contributed by atoms with Crippen LogP contribution in [0.5, 0.6) is 0 Å². The fourth-order valence-corrected chi connectivity index (χ4v) is 3.02. The van der Waals surface area contributed by atoms with Crippen LogP contribution < -0.4 is 9.80 Å². The van der Waals surface area contributed by atoms with Gasteiger partial charge < -0.3 is 9.80 Å². The molecule has 1 aliphatic heterocycles. The maximum atomic E-state index is 12.8. The van der Waals surface area contributed by atoms with Crippen molar-refractivity contribution in [3.05, 3.63) is 40.8 Å². The van der Waals surface area contributed by atoms with Crippen molar-refractivity contribution in [2.45, 2.75) is 26.9 Å². The van der Waals surface area contributed by atoms with Crippen LogP contribution in [0.4, 0.5) is 24.9 Å². The van der Waals surface area contributed by atoms with E-state index in [4.69, 9.17) is 0 Å². The number of halogens is 3. The molecule has 3 heterocycles. The normalized spacial score (nSPS) is 15.6. The third-order valence-corrected chi connectivity index (χ3v) is 4.21. The van der Waals surface area contributed by atoms with Crippen LogP contribution in [-0.4, -0.2) is 41.1 Å². The summed E-state index contributed by atoms with van der Waals surface area (Å²) in [7, 11) is 0. The van der Waals surface area contributed by atoms with E-state index < -0.39 is 11.7 Å². The number of nitrogens with zero attached hydrogens (tertiary/aromatic N) is 5. The monoisotopic (exact) mass is 351 g/mol. The Morgan fingerprint density at radius 1 is 0.880 bits per heavy atom. The molecule has 0 N–H and O–H groups in total. The summed E-state index contributed by atoms with van der Waals surface area (Å²) < 4.78 is 38.3. The van der Waals surface area contributed by atoms with Gasteiger partial charge in [0, 0.05) is 43.8 Å². The predicted octanol–water partition coefficient (Wildman–Crippen LogP) is 3.14. The maximum absolute atomic E-state index is 12.8. The summed E-state index contributed by atoms with van der Waals surface area (Å²) >= 11 is 0. The molecule has 3 rings (SSSR count). The van der Waals surface area contributed by atoms with Crippen LogP contribution in [0, 0.1) is 20.8 Å². The van der Waals surface area contributed by atoms with Crippen LogP contribution in [0.1, 0.15) is 22.5 Å². The van der Waals surface area contributed by atoms with Crippen LogP contribution in [0.15, 0.2) is 18.3 Å². The summed E-state index contributed by atoms with van der Waals surface area (Å²) in [5.41, 5.74) is 1.66. The molecule has 0 amide bonds. The third-order valence-electron chi connectivity index (χ3n) is 4.21. The highest BCUT2D eigenvalue weighted by Gasteiger charge is 2.32. The topological polar surface area (TPSA) is 45.2 Å². The van der Waals surface area contributed by atoms with Crippen molar-refractivity contribution in [1.29, 1.82) is 0 Å². The van der Waals surface area contributed by atoms with Gasteiger partial charge in [0.1, 0.15) is 5.82 Å². The molecule has 0 aliphatic carbocycles. The molecule has 8 heteroatoms. The summed E-state index contributed by atoms with van der Waals surface area (Å²) in [5.74, 6) is 1.31. The summed E-state index contributed by atoms with van der Waals surface area (Å²) in [5, 5.41) is 0. The van der Waals surface area contributed by atoms with E-state index in [0.29, 0.717) is 43.5 Å². The highest BCUT2D eigenvalue weighted by molar-refractivity contribution is 5.49. The molecule has 5 nitrogen and oxygen atoms in total. The SMILES string of the molecule is Cc1cc(C)nc(N2CCN(c3ncc(C(F)(F)F)cc3C)CC2)n1. The van der Waals surface area contributed by atoms with Crippen molar-refractivity contribution in [2.24, 2.45) is 0 Å². The van der Waals surface area contributed by atoms with Crippen LogP contribution in [0.2, 0.25) is 0 Å². The lowest BCUT2D eigenvalue weighted by Gasteiger charge is -2.36. The van der Waals surface area contributed by atoms with E-state index in [9.17, 15) is 13.2 Å².